The number of thiophene rings is 1. The average molecular weight is 398 g/mol. The number of rotatable bonds is 1. The van der Waals surface area contributed by atoms with Crippen molar-refractivity contribution in [3.8, 4) is 11.1 Å². The molecule has 0 fully saturated rings. The summed E-state index contributed by atoms with van der Waals surface area (Å²) in [6, 6.07) is 10.1. The third-order valence-corrected chi connectivity index (χ3v) is 5.14. The van der Waals surface area contributed by atoms with Gasteiger partial charge in [0, 0.05) is 26.8 Å². The number of nitrogens with two attached hydrogens (primary N) is 1. The Bertz CT molecular complexity index is 780. The lowest BCUT2D eigenvalue weighted by Crippen LogP contribution is -1.90. The summed E-state index contributed by atoms with van der Waals surface area (Å²) >= 11 is 8.76. The summed E-state index contributed by atoms with van der Waals surface area (Å²) in [5.41, 5.74) is 10.1. The van der Waals surface area contributed by atoms with E-state index in [1.54, 1.807) is 11.3 Å². The second kappa shape index (κ2) is 4.89. The fourth-order valence-electron chi connectivity index (χ4n) is 2.13. The van der Waals surface area contributed by atoms with Crippen molar-refractivity contribution in [2.75, 3.05) is 5.73 Å². The second-order valence-corrected chi connectivity index (χ2v) is 7.53. The second-order valence-electron chi connectivity index (χ2n) is 4.29. The molecule has 0 atom stereocenters. The van der Waals surface area contributed by atoms with E-state index in [1.807, 2.05) is 25.1 Å². The highest BCUT2D eigenvalue weighted by Gasteiger charge is 2.16. The van der Waals surface area contributed by atoms with Gasteiger partial charge in [0.2, 0.25) is 0 Å². The Hall–Kier alpha value is -0.910. The minimum absolute atomic E-state index is 0.777. The van der Waals surface area contributed by atoms with Gasteiger partial charge in [-0.2, -0.15) is 0 Å². The molecule has 0 saturated heterocycles. The molecule has 5 heteroatoms. The zero-order valence-electron chi connectivity index (χ0n) is 10.1. The lowest BCUT2D eigenvalue weighted by molar-refractivity contribution is 1.27. The van der Waals surface area contributed by atoms with Crippen molar-refractivity contribution in [3.05, 3.63) is 44.3 Å². The molecule has 1 aromatic carbocycles. The van der Waals surface area contributed by atoms with Gasteiger partial charge in [-0.05, 0) is 46.6 Å². The Labute approximate surface area is 131 Å². The summed E-state index contributed by atoms with van der Waals surface area (Å²) in [5.74, 6) is 0. The Balaban J connectivity index is 2.38. The molecular weight excluding hydrogens is 388 g/mol. The molecule has 2 N–H and O–H groups in total. The van der Waals surface area contributed by atoms with Gasteiger partial charge in [-0.15, -0.1) is 11.3 Å². The van der Waals surface area contributed by atoms with Gasteiger partial charge < -0.3 is 5.73 Å². The largest absolute Gasteiger partial charge is 0.398 e. The number of hydrogen-bond acceptors (Lipinski definition) is 3. The lowest BCUT2D eigenvalue weighted by atomic mass is 10.0. The van der Waals surface area contributed by atoms with E-state index in [-0.39, 0.29) is 0 Å². The fourth-order valence-corrected chi connectivity index (χ4v) is 4.42. The summed E-state index contributed by atoms with van der Waals surface area (Å²) in [4.78, 5) is 5.53. The molecule has 2 nitrogen and oxygen atoms in total. The Morgan fingerprint density at radius 1 is 1.21 bits per heavy atom. The third kappa shape index (κ3) is 2.30. The number of nitrogen functional groups attached to an aromatic ring is 1. The fraction of sp³-hybridized carbons (Fsp3) is 0.0714. The van der Waals surface area contributed by atoms with Crippen LogP contribution < -0.4 is 5.73 Å². The van der Waals surface area contributed by atoms with Crippen molar-refractivity contribution in [1.29, 1.82) is 0 Å². The first-order valence-corrected chi connectivity index (χ1v) is 8.07. The van der Waals surface area contributed by atoms with Crippen LogP contribution in [0.4, 0.5) is 5.69 Å². The van der Waals surface area contributed by atoms with Crippen molar-refractivity contribution in [3.63, 3.8) is 0 Å². The van der Waals surface area contributed by atoms with E-state index in [2.05, 4.69) is 49.0 Å². The lowest BCUT2D eigenvalue weighted by Gasteiger charge is -2.05. The van der Waals surface area contributed by atoms with E-state index in [0.717, 1.165) is 41.0 Å². The monoisotopic (exact) mass is 396 g/mol. The van der Waals surface area contributed by atoms with Gasteiger partial charge in [0.25, 0.3) is 0 Å². The molecular formula is C14H10Br2N2S. The van der Waals surface area contributed by atoms with E-state index in [1.165, 1.54) is 0 Å². The number of fused-ring (bicyclic) bond motifs is 1. The van der Waals surface area contributed by atoms with Crippen LogP contribution in [0.15, 0.2) is 38.6 Å². The summed E-state index contributed by atoms with van der Waals surface area (Å²) in [5, 5.41) is 1.03. The van der Waals surface area contributed by atoms with E-state index < -0.39 is 0 Å². The molecule has 0 unspecified atom stereocenters. The summed E-state index contributed by atoms with van der Waals surface area (Å²) in [7, 11) is 0. The van der Waals surface area contributed by atoms with Gasteiger partial charge in [-0.25, -0.2) is 4.98 Å². The Kier molecular flexibility index (Phi) is 3.37. The molecule has 3 aromatic rings. The highest BCUT2D eigenvalue weighted by molar-refractivity contribution is 9.11. The molecule has 19 heavy (non-hydrogen) atoms. The highest BCUT2D eigenvalue weighted by Crippen LogP contribution is 2.44. The SMILES string of the molecule is Cc1cc(N)c2c(-c3cccc(Br)c3)c(Br)sc2n1. The summed E-state index contributed by atoms with van der Waals surface area (Å²) in [6.07, 6.45) is 0. The van der Waals surface area contributed by atoms with Gasteiger partial charge in [0.15, 0.2) is 0 Å². The van der Waals surface area contributed by atoms with Crippen molar-refractivity contribution in [2.24, 2.45) is 0 Å². The van der Waals surface area contributed by atoms with Gasteiger partial charge >= 0.3 is 0 Å². The quantitative estimate of drug-likeness (QED) is 0.598. The standard InChI is InChI=1S/C14H10Br2N2S/c1-7-5-10(17)12-11(13(16)19-14(12)18-7)8-3-2-4-9(15)6-8/h2-6H,1H3,(H2,17,18). The molecule has 3 rings (SSSR count). The Morgan fingerprint density at radius 3 is 2.74 bits per heavy atom. The molecule has 2 heterocycles. The van der Waals surface area contributed by atoms with Crippen molar-refractivity contribution >= 4 is 59.1 Å². The molecule has 2 aromatic heterocycles. The van der Waals surface area contributed by atoms with E-state index in [9.17, 15) is 0 Å². The summed E-state index contributed by atoms with van der Waals surface area (Å²) in [6.45, 7) is 1.96. The highest BCUT2D eigenvalue weighted by atomic mass is 79.9. The van der Waals surface area contributed by atoms with Crippen LogP contribution in [-0.2, 0) is 0 Å². The number of nitrogens with zero attached hydrogens (tertiary/aromatic N) is 1. The average Bonchev–Trinajstić information content (AvgIpc) is 2.65. The van der Waals surface area contributed by atoms with Gasteiger partial charge in [0.1, 0.15) is 4.83 Å². The first kappa shape index (κ1) is 13.1. The number of pyridine rings is 1. The third-order valence-electron chi connectivity index (χ3n) is 2.89. The number of halogens is 2. The van der Waals surface area contributed by atoms with E-state index >= 15 is 0 Å². The van der Waals surface area contributed by atoms with Crippen LogP contribution in [-0.4, -0.2) is 4.98 Å². The van der Waals surface area contributed by atoms with Crippen LogP contribution in [0.2, 0.25) is 0 Å². The molecule has 0 aliphatic carbocycles. The van der Waals surface area contributed by atoms with Crippen molar-refractivity contribution < 1.29 is 0 Å². The van der Waals surface area contributed by atoms with Crippen LogP contribution in [0.1, 0.15) is 5.69 Å². The van der Waals surface area contributed by atoms with Crippen LogP contribution in [0.3, 0.4) is 0 Å². The predicted molar refractivity (Wildman–Crippen MR) is 89.6 cm³/mol. The number of hydrogen-bond donors (Lipinski definition) is 1. The van der Waals surface area contributed by atoms with Crippen molar-refractivity contribution in [2.45, 2.75) is 6.92 Å². The molecule has 0 bridgehead atoms. The number of anilines is 1. The number of aryl methyl sites for hydroxylation is 1. The molecule has 0 radical (unpaired) electrons. The minimum atomic E-state index is 0.777. The van der Waals surface area contributed by atoms with Gasteiger partial charge in [0.05, 0.1) is 3.79 Å². The van der Waals surface area contributed by atoms with Crippen LogP contribution in [0, 0.1) is 6.92 Å². The number of benzene rings is 1. The predicted octanol–water partition coefficient (Wildman–Crippen LogP) is 5.38. The van der Waals surface area contributed by atoms with Crippen LogP contribution in [0.25, 0.3) is 21.3 Å². The number of aromatic nitrogens is 1. The zero-order chi connectivity index (χ0) is 13.6. The maximum Gasteiger partial charge on any atom is 0.127 e. The normalized spacial score (nSPS) is 11.1. The van der Waals surface area contributed by atoms with Crippen LogP contribution in [0.5, 0.6) is 0 Å². The molecule has 96 valence electrons. The zero-order valence-corrected chi connectivity index (χ0v) is 14.1. The molecule has 0 spiro atoms. The molecule has 0 aliphatic rings. The minimum Gasteiger partial charge on any atom is -0.398 e. The smallest absolute Gasteiger partial charge is 0.127 e. The van der Waals surface area contributed by atoms with Crippen molar-refractivity contribution in [1.82, 2.24) is 4.98 Å². The topological polar surface area (TPSA) is 38.9 Å². The van der Waals surface area contributed by atoms with Gasteiger partial charge in [-0.3, -0.25) is 0 Å². The molecule has 0 saturated carbocycles. The van der Waals surface area contributed by atoms with E-state index in [0.29, 0.717) is 0 Å². The first-order valence-electron chi connectivity index (χ1n) is 5.67. The maximum atomic E-state index is 6.18. The van der Waals surface area contributed by atoms with E-state index in [4.69, 9.17) is 5.73 Å². The van der Waals surface area contributed by atoms with Crippen LogP contribution >= 0.6 is 43.2 Å². The Morgan fingerprint density at radius 2 is 2.00 bits per heavy atom. The molecule has 0 aliphatic heterocycles. The first-order chi connectivity index (χ1) is 9.06. The molecule has 0 amide bonds. The van der Waals surface area contributed by atoms with Gasteiger partial charge in [-0.1, -0.05) is 28.1 Å². The summed E-state index contributed by atoms with van der Waals surface area (Å²) < 4.78 is 2.11. The maximum absolute atomic E-state index is 6.18.